The number of nitrogens with two attached hydrogens (primary N) is 2. The monoisotopic (exact) mass is 314 g/mol. The van der Waals surface area contributed by atoms with E-state index in [1.54, 1.807) is 6.92 Å². The molecule has 0 saturated heterocycles. The van der Waals surface area contributed by atoms with Crippen molar-refractivity contribution in [2.75, 3.05) is 12.3 Å². The van der Waals surface area contributed by atoms with E-state index in [2.05, 4.69) is 23.8 Å². The van der Waals surface area contributed by atoms with Crippen LogP contribution >= 0.6 is 0 Å². The lowest BCUT2D eigenvalue weighted by molar-refractivity contribution is 0.0999. The highest BCUT2D eigenvalue weighted by Crippen LogP contribution is 2.27. The van der Waals surface area contributed by atoms with Crippen molar-refractivity contribution in [1.82, 2.24) is 9.97 Å². The van der Waals surface area contributed by atoms with E-state index >= 15 is 0 Å². The van der Waals surface area contributed by atoms with Gasteiger partial charge in [-0.15, -0.1) is 0 Å². The van der Waals surface area contributed by atoms with E-state index in [0.717, 1.165) is 12.0 Å². The number of ether oxygens (including phenoxy) is 1. The number of amides is 1. The summed E-state index contributed by atoms with van der Waals surface area (Å²) >= 11 is 0. The molecule has 0 spiro atoms. The molecule has 2 rings (SSSR count). The first-order valence-electron chi connectivity index (χ1n) is 7.55. The fraction of sp³-hybridized carbons (Fsp3) is 0.353. The van der Waals surface area contributed by atoms with Crippen molar-refractivity contribution in [3.8, 4) is 17.0 Å². The fourth-order valence-corrected chi connectivity index (χ4v) is 2.24. The van der Waals surface area contributed by atoms with Gasteiger partial charge >= 0.3 is 0 Å². The number of aryl methyl sites for hydroxylation is 1. The SMILES string of the molecule is Cc1nc(N)nc(-c2cccc(OCCC(C)C)c2)c1C(N)=O. The van der Waals surface area contributed by atoms with Gasteiger partial charge in [0.15, 0.2) is 0 Å². The maximum Gasteiger partial charge on any atom is 0.252 e. The second-order valence-electron chi connectivity index (χ2n) is 5.81. The number of hydrogen-bond donors (Lipinski definition) is 2. The van der Waals surface area contributed by atoms with Crippen LogP contribution in [0.2, 0.25) is 0 Å². The van der Waals surface area contributed by atoms with Crippen LogP contribution in [-0.4, -0.2) is 22.5 Å². The van der Waals surface area contributed by atoms with Gasteiger partial charge in [-0.2, -0.15) is 0 Å². The van der Waals surface area contributed by atoms with Crippen molar-refractivity contribution >= 4 is 11.9 Å². The molecule has 0 fully saturated rings. The summed E-state index contributed by atoms with van der Waals surface area (Å²) in [4.78, 5) is 19.9. The third kappa shape index (κ3) is 4.18. The minimum atomic E-state index is -0.580. The molecule has 23 heavy (non-hydrogen) atoms. The minimum absolute atomic E-state index is 0.105. The average molecular weight is 314 g/mol. The molecule has 1 aromatic carbocycles. The Labute approximate surface area is 135 Å². The summed E-state index contributed by atoms with van der Waals surface area (Å²) in [5.41, 5.74) is 13.1. The summed E-state index contributed by atoms with van der Waals surface area (Å²) in [5.74, 6) is 0.814. The molecule has 0 aliphatic rings. The normalized spacial score (nSPS) is 10.8. The van der Waals surface area contributed by atoms with Crippen molar-refractivity contribution in [3.05, 3.63) is 35.5 Å². The zero-order valence-corrected chi connectivity index (χ0v) is 13.7. The average Bonchev–Trinajstić information content (AvgIpc) is 2.45. The smallest absolute Gasteiger partial charge is 0.252 e. The lowest BCUT2D eigenvalue weighted by Crippen LogP contribution is -2.17. The molecule has 1 amide bonds. The van der Waals surface area contributed by atoms with Crippen LogP contribution in [0.5, 0.6) is 5.75 Å². The van der Waals surface area contributed by atoms with Crippen molar-refractivity contribution in [1.29, 1.82) is 0 Å². The molecular weight excluding hydrogens is 292 g/mol. The van der Waals surface area contributed by atoms with Crippen molar-refractivity contribution in [3.63, 3.8) is 0 Å². The Morgan fingerprint density at radius 2 is 2.04 bits per heavy atom. The van der Waals surface area contributed by atoms with E-state index in [0.29, 0.717) is 29.7 Å². The van der Waals surface area contributed by atoms with Crippen molar-refractivity contribution in [2.45, 2.75) is 27.2 Å². The van der Waals surface area contributed by atoms with Crippen molar-refractivity contribution in [2.24, 2.45) is 11.7 Å². The Bertz CT molecular complexity index is 714. The van der Waals surface area contributed by atoms with Crippen molar-refractivity contribution < 1.29 is 9.53 Å². The quantitative estimate of drug-likeness (QED) is 0.852. The van der Waals surface area contributed by atoms with Gasteiger partial charge in [0.2, 0.25) is 5.95 Å². The summed E-state index contributed by atoms with van der Waals surface area (Å²) in [6.45, 7) is 6.61. The molecule has 0 atom stereocenters. The number of nitrogen functional groups attached to an aromatic ring is 1. The predicted molar refractivity (Wildman–Crippen MR) is 90.1 cm³/mol. The molecule has 0 saturated carbocycles. The molecule has 1 heterocycles. The second-order valence-corrected chi connectivity index (χ2v) is 5.81. The maximum atomic E-state index is 11.7. The lowest BCUT2D eigenvalue weighted by Gasteiger charge is -2.12. The second kappa shape index (κ2) is 7.09. The van der Waals surface area contributed by atoms with Crippen LogP contribution in [0.1, 0.15) is 36.3 Å². The summed E-state index contributed by atoms with van der Waals surface area (Å²) in [5, 5.41) is 0. The van der Waals surface area contributed by atoms with Crippen LogP contribution in [-0.2, 0) is 0 Å². The maximum absolute atomic E-state index is 11.7. The molecular formula is C17H22N4O2. The van der Waals surface area contributed by atoms with Gasteiger partial charge in [0.1, 0.15) is 5.75 Å². The first-order valence-corrected chi connectivity index (χ1v) is 7.55. The van der Waals surface area contributed by atoms with Gasteiger partial charge in [-0.1, -0.05) is 26.0 Å². The molecule has 0 unspecified atom stereocenters. The van der Waals surface area contributed by atoms with Crippen LogP contribution in [0.25, 0.3) is 11.3 Å². The van der Waals surface area contributed by atoms with Gasteiger partial charge in [0, 0.05) is 5.56 Å². The zero-order chi connectivity index (χ0) is 17.0. The Morgan fingerprint density at radius 3 is 2.70 bits per heavy atom. The molecule has 0 aliphatic carbocycles. The summed E-state index contributed by atoms with van der Waals surface area (Å²) in [6, 6.07) is 7.38. The molecule has 122 valence electrons. The summed E-state index contributed by atoms with van der Waals surface area (Å²) in [6.07, 6.45) is 0.969. The van der Waals surface area contributed by atoms with Crippen LogP contribution < -0.4 is 16.2 Å². The van der Waals surface area contributed by atoms with E-state index in [4.69, 9.17) is 16.2 Å². The summed E-state index contributed by atoms with van der Waals surface area (Å²) in [7, 11) is 0. The first kappa shape index (κ1) is 16.7. The number of carbonyl (C=O) groups excluding carboxylic acids is 1. The van der Waals surface area contributed by atoms with Gasteiger partial charge in [-0.3, -0.25) is 4.79 Å². The number of benzene rings is 1. The number of rotatable bonds is 6. The number of aromatic nitrogens is 2. The predicted octanol–water partition coefficient (Wildman–Crippen LogP) is 2.56. The van der Waals surface area contributed by atoms with Crippen LogP contribution in [0, 0.1) is 12.8 Å². The highest BCUT2D eigenvalue weighted by Gasteiger charge is 2.17. The van der Waals surface area contributed by atoms with Crippen LogP contribution in [0.3, 0.4) is 0 Å². The number of anilines is 1. The number of primary amides is 1. The fourth-order valence-electron chi connectivity index (χ4n) is 2.24. The van der Waals surface area contributed by atoms with E-state index in [9.17, 15) is 4.79 Å². The van der Waals surface area contributed by atoms with Crippen LogP contribution in [0.15, 0.2) is 24.3 Å². The highest BCUT2D eigenvalue weighted by molar-refractivity contribution is 6.00. The minimum Gasteiger partial charge on any atom is -0.494 e. The van der Waals surface area contributed by atoms with Gasteiger partial charge in [-0.25, -0.2) is 9.97 Å². The summed E-state index contributed by atoms with van der Waals surface area (Å²) < 4.78 is 5.75. The van der Waals surface area contributed by atoms with Gasteiger partial charge in [0.25, 0.3) is 5.91 Å². The van der Waals surface area contributed by atoms with E-state index in [-0.39, 0.29) is 11.5 Å². The topological polar surface area (TPSA) is 104 Å². The largest absolute Gasteiger partial charge is 0.494 e. The van der Waals surface area contributed by atoms with E-state index in [1.807, 2.05) is 24.3 Å². The molecule has 0 radical (unpaired) electrons. The molecule has 2 aromatic rings. The Morgan fingerprint density at radius 1 is 1.30 bits per heavy atom. The number of carbonyl (C=O) groups is 1. The Kier molecular flexibility index (Phi) is 5.16. The molecule has 6 nitrogen and oxygen atoms in total. The zero-order valence-electron chi connectivity index (χ0n) is 13.7. The van der Waals surface area contributed by atoms with E-state index in [1.165, 1.54) is 0 Å². The van der Waals surface area contributed by atoms with Crippen LogP contribution in [0.4, 0.5) is 5.95 Å². The lowest BCUT2D eigenvalue weighted by atomic mass is 10.0. The number of hydrogen-bond acceptors (Lipinski definition) is 5. The van der Waals surface area contributed by atoms with E-state index < -0.39 is 5.91 Å². The molecule has 4 N–H and O–H groups in total. The third-order valence-electron chi connectivity index (χ3n) is 3.43. The standard InChI is InChI=1S/C17H22N4O2/c1-10(2)7-8-23-13-6-4-5-12(9-13)15-14(16(18)22)11(3)20-17(19)21-15/h4-6,9-10H,7-8H2,1-3H3,(H2,18,22)(H2,19,20,21). The molecule has 6 heteroatoms. The van der Waals surface area contributed by atoms with Gasteiger partial charge < -0.3 is 16.2 Å². The Hall–Kier alpha value is -2.63. The van der Waals surface area contributed by atoms with Gasteiger partial charge in [0.05, 0.1) is 23.6 Å². The Balaban J connectivity index is 2.37. The molecule has 0 bridgehead atoms. The first-order chi connectivity index (χ1) is 10.9. The highest BCUT2D eigenvalue weighted by atomic mass is 16.5. The number of nitrogens with zero attached hydrogens (tertiary/aromatic N) is 2. The van der Waals surface area contributed by atoms with Gasteiger partial charge in [-0.05, 0) is 31.4 Å². The molecule has 0 aliphatic heterocycles. The molecule has 1 aromatic heterocycles. The third-order valence-corrected chi connectivity index (χ3v) is 3.43.